The van der Waals surface area contributed by atoms with Crippen molar-refractivity contribution in [2.45, 2.75) is 6.04 Å². The van der Waals surface area contributed by atoms with Crippen LogP contribution in [0, 0.1) is 17.5 Å². The average molecular weight is 276 g/mol. The van der Waals surface area contributed by atoms with Crippen LogP contribution in [0.4, 0.5) is 13.2 Å². The topological polar surface area (TPSA) is 43.8 Å². The first-order valence-corrected chi connectivity index (χ1v) is 5.37. The summed E-state index contributed by atoms with van der Waals surface area (Å²) >= 11 is 5.88. The Labute approximate surface area is 106 Å². The van der Waals surface area contributed by atoms with E-state index >= 15 is 0 Å². The number of halogens is 4. The Hall–Kier alpha value is -1.53. The summed E-state index contributed by atoms with van der Waals surface area (Å²) < 4.78 is 40.5. The standard InChI is InChI=1S/C11H9ClF3N3/c1-18-11(6(12)4-17-18)10(16)5-2-7(13)9(15)8(14)3-5/h2-4,10H,16H2,1H3. The van der Waals surface area contributed by atoms with Crippen molar-refractivity contribution in [1.82, 2.24) is 9.78 Å². The molecule has 1 heterocycles. The fourth-order valence-corrected chi connectivity index (χ4v) is 1.97. The van der Waals surface area contributed by atoms with E-state index in [1.165, 1.54) is 10.9 Å². The molecule has 1 aromatic carbocycles. The highest BCUT2D eigenvalue weighted by atomic mass is 35.5. The lowest BCUT2D eigenvalue weighted by Crippen LogP contribution is -2.17. The van der Waals surface area contributed by atoms with Crippen LogP contribution in [0.25, 0.3) is 0 Å². The van der Waals surface area contributed by atoms with Gasteiger partial charge in [-0.2, -0.15) is 5.10 Å². The van der Waals surface area contributed by atoms with Crippen LogP contribution in [-0.2, 0) is 7.05 Å². The molecule has 2 rings (SSSR count). The van der Waals surface area contributed by atoms with Crippen LogP contribution >= 0.6 is 11.6 Å². The van der Waals surface area contributed by atoms with Crippen molar-refractivity contribution in [3.05, 3.63) is 52.1 Å². The van der Waals surface area contributed by atoms with Gasteiger partial charge in [-0.25, -0.2) is 13.2 Å². The van der Waals surface area contributed by atoms with Crippen molar-refractivity contribution in [3.63, 3.8) is 0 Å². The Morgan fingerprint density at radius 1 is 1.28 bits per heavy atom. The van der Waals surface area contributed by atoms with Crippen LogP contribution in [0.15, 0.2) is 18.3 Å². The van der Waals surface area contributed by atoms with Crippen molar-refractivity contribution in [1.29, 1.82) is 0 Å². The van der Waals surface area contributed by atoms with Crippen molar-refractivity contribution in [2.75, 3.05) is 0 Å². The van der Waals surface area contributed by atoms with E-state index in [9.17, 15) is 13.2 Å². The van der Waals surface area contributed by atoms with Gasteiger partial charge < -0.3 is 5.73 Å². The molecule has 1 aromatic heterocycles. The Morgan fingerprint density at radius 3 is 2.28 bits per heavy atom. The Bertz CT molecular complexity index is 555. The number of nitrogens with two attached hydrogens (primary N) is 1. The third-order valence-electron chi connectivity index (χ3n) is 2.60. The van der Waals surface area contributed by atoms with E-state index < -0.39 is 23.5 Å². The molecule has 2 N–H and O–H groups in total. The molecule has 0 aliphatic rings. The fraction of sp³-hybridized carbons (Fsp3) is 0.182. The number of nitrogens with zero attached hydrogens (tertiary/aromatic N) is 2. The zero-order chi connectivity index (χ0) is 13.4. The summed E-state index contributed by atoms with van der Waals surface area (Å²) in [4.78, 5) is 0. The van der Waals surface area contributed by atoms with Crippen molar-refractivity contribution in [3.8, 4) is 0 Å². The van der Waals surface area contributed by atoms with Crippen LogP contribution in [-0.4, -0.2) is 9.78 Å². The van der Waals surface area contributed by atoms with Gasteiger partial charge in [0.25, 0.3) is 0 Å². The van der Waals surface area contributed by atoms with Crippen molar-refractivity contribution in [2.24, 2.45) is 12.8 Å². The minimum absolute atomic E-state index is 0.0805. The molecule has 0 fully saturated rings. The largest absolute Gasteiger partial charge is 0.319 e. The molecule has 7 heteroatoms. The van der Waals surface area contributed by atoms with E-state index in [0.717, 1.165) is 12.1 Å². The highest BCUT2D eigenvalue weighted by Gasteiger charge is 2.20. The van der Waals surface area contributed by atoms with Crippen molar-refractivity contribution >= 4 is 11.6 Å². The first-order valence-electron chi connectivity index (χ1n) is 4.99. The van der Waals surface area contributed by atoms with Gasteiger partial charge in [-0.1, -0.05) is 11.6 Å². The predicted molar refractivity (Wildman–Crippen MR) is 60.6 cm³/mol. The zero-order valence-electron chi connectivity index (χ0n) is 9.29. The van der Waals surface area contributed by atoms with Crippen LogP contribution in [0.1, 0.15) is 17.3 Å². The fourth-order valence-electron chi connectivity index (χ4n) is 1.68. The van der Waals surface area contributed by atoms with Crippen LogP contribution in [0.3, 0.4) is 0 Å². The van der Waals surface area contributed by atoms with Gasteiger partial charge in [0.1, 0.15) is 0 Å². The number of benzene rings is 1. The molecule has 2 aromatic rings. The summed E-state index contributed by atoms with van der Waals surface area (Å²) in [7, 11) is 1.59. The van der Waals surface area contributed by atoms with Crippen molar-refractivity contribution < 1.29 is 13.2 Å². The average Bonchev–Trinajstić information content (AvgIpc) is 2.64. The van der Waals surface area contributed by atoms with E-state index in [1.54, 1.807) is 7.05 Å². The molecule has 1 atom stereocenters. The molecule has 0 spiro atoms. The van der Waals surface area contributed by atoms with E-state index in [1.807, 2.05) is 0 Å². The second-order valence-corrected chi connectivity index (χ2v) is 4.18. The number of rotatable bonds is 2. The maximum atomic E-state index is 13.1. The van der Waals surface area contributed by atoms with E-state index in [0.29, 0.717) is 5.69 Å². The van der Waals surface area contributed by atoms with Crippen LogP contribution in [0.2, 0.25) is 5.02 Å². The molecule has 0 amide bonds. The summed E-state index contributed by atoms with van der Waals surface area (Å²) in [5, 5.41) is 4.14. The predicted octanol–water partition coefficient (Wildman–Crippen LogP) is 2.54. The molecular weight excluding hydrogens is 267 g/mol. The van der Waals surface area contributed by atoms with Gasteiger partial charge in [0, 0.05) is 7.05 Å². The summed E-state index contributed by atoms with van der Waals surface area (Å²) in [5.41, 5.74) is 6.32. The smallest absolute Gasteiger partial charge is 0.194 e. The molecule has 0 aliphatic heterocycles. The van der Waals surface area contributed by atoms with Gasteiger partial charge in [0.15, 0.2) is 17.5 Å². The third-order valence-corrected chi connectivity index (χ3v) is 2.89. The van der Waals surface area contributed by atoms with Gasteiger partial charge in [-0.3, -0.25) is 4.68 Å². The van der Waals surface area contributed by atoms with Gasteiger partial charge >= 0.3 is 0 Å². The quantitative estimate of drug-likeness (QED) is 0.856. The van der Waals surface area contributed by atoms with Gasteiger partial charge in [0.05, 0.1) is 23.0 Å². The second-order valence-electron chi connectivity index (χ2n) is 3.78. The lowest BCUT2D eigenvalue weighted by molar-refractivity contribution is 0.444. The van der Waals surface area contributed by atoms with E-state index in [-0.39, 0.29) is 10.6 Å². The summed E-state index contributed by atoms with van der Waals surface area (Å²) in [6.07, 6.45) is 1.37. The third kappa shape index (κ3) is 2.09. The Kier molecular flexibility index (Phi) is 3.32. The first kappa shape index (κ1) is 12.9. The monoisotopic (exact) mass is 275 g/mol. The lowest BCUT2D eigenvalue weighted by Gasteiger charge is -2.14. The van der Waals surface area contributed by atoms with Gasteiger partial charge in [-0.05, 0) is 17.7 Å². The Morgan fingerprint density at radius 2 is 1.83 bits per heavy atom. The highest BCUT2D eigenvalue weighted by molar-refractivity contribution is 6.31. The molecule has 0 saturated heterocycles. The van der Waals surface area contributed by atoms with Gasteiger partial charge in [0.2, 0.25) is 0 Å². The summed E-state index contributed by atoms with van der Waals surface area (Å²) in [6, 6.07) is 0.785. The molecule has 0 saturated carbocycles. The van der Waals surface area contributed by atoms with E-state index in [2.05, 4.69) is 5.10 Å². The minimum atomic E-state index is -1.53. The normalized spacial score (nSPS) is 12.8. The minimum Gasteiger partial charge on any atom is -0.319 e. The summed E-state index contributed by atoms with van der Waals surface area (Å²) in [5.74, 6) is -4.11. The molecule has 0 bridgehead atoms. The first-order chi connectivity index (χ1) is 8.41. The Balaban J connectivity index is 2.50. The second kappa shape index (κ2) is 4.62. The highest BCUT2D eigenvalue weighted by Crippen LogP contribution is 2.27. The number of hydrogen-bond acceptors (Lipinski definition) is 2. The molecular formula is C11H9ClF3N3. The van der Waals surface area contributed by atoms with Crippen LogP contribution in [0.5, 0.6) is 0 Å². The number of hydrogen-bond donors (Lipinski definition) is 1. The molecule has 0 aliphatic carbocycles. The SMILES string of the molecule is Cn1ncc(Cl)c1C(N)c1cc(F)c(F)c(F)c1. The maximum Gasteiger partial charge on any atom is 0.194 e. The molecule has 1 unspecified atom stereocenters. The van der Waals surface area contributed by atoms with E-state index in [4.69, 9.17) is 17.3 Å². The van der Waals surface area contributed by atoms with Gasteiger partial charge in [-0.15, -0.1) is 0 Å². The lowest BCUT2D eigenvalue weighted by atomic mass is 10.0. The molecule has 3 nitrogen and oxygen atoms in total. The molecule has 96 valence electrons. The molecule has 18 heavy (non-hydrogen) atoms. The zero-order valence-corrected chi connectivity index (χ0v) is 10.0. The number of aromatic nitrogens is 2. The molecule has 0 radical (unpaired) electrons. The van der Waals surface area contributed by atoms with Crippen LogP contribution < -0.4 is 5.73 Å². The summed E-state index contributed by atoms with van der Waals surface area (Å²) in [6.45, 7) is 0. The maximum absolute atomic E-state index is 13.1. The number of aryl methyl sites for hydroxylation is 1.